The van der Waals surface area contributed by atoms with Crippen molar-refractivity contribution >= 4 is 28.0 Å². The van der Waals surface area contributed by atoms with Crippen molar-refractivity contribution in [3.05, 3.63) is 111 Å². The van der Waals surface area contributed by atoms with Crippen molar-refractivity contribution in [3.8, 4) is 0 Å². The van der Waals surface area contributed by atoms with Crippen molar-refractivity contribution in [1.82, 2.24) is 14.5 Å². The molecule has 0 aliphatic heterocycles. The van der Waals surface area contributed by atoms with Gasteiger partial charge in [-0.3, -0.25) is 14.2 Å². The second-order valence-electron chi connectivity index (χ2n) is 10.8. The van der Waals surface area contributed by atoms with E-state index in [-0.39, 0.29) is 23.0 Å². The summed E-state index contributed by atoms with van der Waals surface area (Å²) in [5.41, 5.74) is 10.7. The quantitative estimate of drug-likeness (QED) is 0.249. The molecule has 3 aromatic carbocycles. The van der Waals surface area contributed by atoms with Gasteiger partial charge in [0, 0.05) is 17.5 Å². The summed E-state index contributed by atoms with van der Waals surface area (Å²) >= 11 is 0. The standard InChI is InChI=1S/C33H36N4O3/c1-21(2)29(36(18-8-17-34)32(38)25-14-11-22(3)12-15-25)31-35-28-26-19-23(4)13-16-27(26)40-30(28)33(39)37(31)20-24-9-6-5-7-10-24/h5-7,9-16,19,21,29H,8,17-18,20,34H2,1-4H3. The van der Waals surface area contributed by atoms with Gasteiger partial charge in [0.05, 0.1) is 12.6 Å². The van der Waals surface area contributed by atoms with E-state index in [4.69, 9.17) is 15.1 Å². The SMILES string of the molecule is Cc1ccc(C(=O)N(CCCN)C(c2nc3c(oc4ccc(C)cc43)c(=O)n2Cc2ccccc2)C(C)C)cc1. The Morgan fingerprint density at radius 2 is 1.70 bits per heavy atom. The van der Waals surface area contributed by atoms with Crippen LogP contribution in [0.3, 0.4) is 0 Å². The highest BCUT2D eigenvalue weighted by molar-refractivity contribution is 6.02. The summed E-state index contributed by atoms with van der Waals surface area (Å²) in [6.45, 7) is 9.30. The summed E-state index contributed by atoms with van der Waals surface area (Å²) in [7, 11) is 0. The Kier molecular flexibility index (Phi) is 7.85. The topological polar surface area (TPSA) is 94.4 Å². The fourth-order valence-corrected chi connectivity index (χ4v) is 5.29. The van der Waals surface area contributed by atoms with Crippen molar-refractivity contribution < 1.29 is 9.21 Å². The smallest absolute Gasteiger partial charge is 0.297 e. The molecule has 0 bridgehead atoms. The molecular weight excluding hydrogens is 500 g/mol. The first-order chi connectivity index (χ1) is 19.3. The molecule has 5 aromatic rings. The Labute approximate surface area is 234 Å². The van der Waals surface area contributed by atoms with Gasteiger partial charge in [0.1, 0.15) is 16.9 Å². The van der Waals surface area contributed by atoms with Gasteiger partial charge >= 0.3 is 0 Å². The second kappa shape index (κ2) is 11.5. The van der Waals surface area contributed by atoms with Crippen LogP contribution >= 0.6 is 0 Å². The fourth-order valence-electron chi connectivity index (χ4n) is 5.29. The van der Waals surface area contributed by atoms with Crippen LogP contribution in [0.1, 0.15) is 59.2 Å². The molecule has 40 heavy (non-hydrogen) atoms. The fraction of sp³-hybridized carbons (Fsp3) is 0.303. The molecule has 0 saturated carbocycles. The minimum absolute atomic E-state index is 0.0431. The Hall–Kier alpha value is -4.23. The number of rotatable bonds is 9. The van der Waals surface area contributed by atoms with Crippen LogP contribution in [0, 0.1) is 19.8 Å². The Morgan fingerprint density at radius 1 is 1.00 bits per heavy atom. The van der Waals surface area contributed by atoms with E-state index in [0.717, 1.165) is 22.1 Å². The highest BCUT2D eigenvalue weighted by Gasteiger charge is 2.33. The van der Waals surface area contributed by atoms with Gasteiger partial charge in [-0.2, -0.15) is 0 Å². The first-order valence-electron chi connectivity index (χ1n) is 13.8. The van der Waals surface area contributed by atoms with Crippen molar-refractivity contribution in [2.75, 3.05) is 13.1 Å². The molecule has 7 heteroatoms. The summed E-state index contributed by atoms with van der Waals surface area (Å²) in [5.74, 6) is 0.386. The molecule has 206 valence electrons. The number of furan rings is 1. The van der Waals surface area contributed by atoms with Crippen molar-refractivity contribution in [1.29, 1.82) is 0 Å². The molecule has 0 aliphatic carbocycles. The third-order valence-corrected chi connectivity index (χ3v) is 7.34. The number of fused-ring (bicyclic) bond motifs is 3. The minimum atomic E-state index is -0.476. The Balaban J connectivity index is 1.76. The van der Waals surface area contributed by atoms with E-state index in [1.165, 1.54) is 0 Å². The third kappa shape index (κ3) is 5.29. The van der Waals surface area contributed by atoms with Crippen LogP contribution in [0.2, 0.25) is 0 Å². The normalized spacial score (nSPS) is 12.3. The molecule has 5 rings (SSSR count). The molecule has 0 fully saturated rings. The maximum atomic E-state index is 14.2. The average molecular weight is 537 g/mol. The number of amides is 1. The molecular formula is C33H36N4O3. The van der Waals surface area contributed by atoms with E-state index in [2.05, 4.69) is 13.8 Å². The van der Waals surface area contributed by atoms with Crippen LogP contribution in [-0.2, 0) is 6.54 Å². The number of nitrogens with zero attached hydrogens (tertiary/aromatic N) is 3. The molecule has 2 aromatic heterocycles. The van der Waals surface area contributed by atoms with Gasteiger partial charge in [0.25, 0.3) is 11.5 Å². The predicted molar refractivity (Wildman–Crippen MR) is 160 cm³/mol. The Bertz CT molecular complexity index is 1700. The first kappa shape index (κ1) is 27.3. The first-order valence-corrected chi connectivity index (χ1v) is 13.8. The summed E-state index contributed by atoms with van der Waals surface area (Å²) in [4.78, 5) is 35.2. The van der Waals surface area contributed by atoms with Crippen molar-refractivity contribution in [3.63, 3.8) is 0 Å². The van der Waals surface area contributed by atoms with Gasteiger partial charge in [-0.1, -0.05) is 73.5 Å². The maximum absolute atomic E-state index is 14.2. The average Bonchev–Trinajstić information content (AvgIpc) is 3.31. The monoisotopic (exact) mass is 536 g/mol. The molecule has 1 atom stereocenters. The number of hydrogen-bond acceptors (Lipinski definition) is 5. The van der Waals surface area contributed by atoms with Crippen molar-refractivity contribution in [2.45, 2.75) is 46.7 Å². The lowest BCUT2D eigenvalue weighted by Gasteiger charge is -2.35. The van der Waals surface area contributed by atoms with Crippen LogP contribution in [0.15, 0.2) is 82.0 Å². The second-order valence-corrected chi connectivity index (χ2v) is 10.8. The Morgan fingerprint density at radius 3 is 2.38 bits per heavy atom. The van der Waals surface area contributed by atoms with Crippen molar-refractivity contribution in [2.24, 2.45) is 11.7 Å². The van der Waals surface area contributed by atoms with E-state index < -0.39 is 6.04 Å². The number of benzene rings is 3. The summed E-state index contributed by atoms with van der Waals surface area (Å²) in [6, 6.07) is 22.7. The number of nitrogens with two attached hydrogens (primary N) is 1. The van der Waals surface area contributed by atoms with Crippen LogP contribution < -0.4 is 11.3 Å². The van der Waals surface area contributed by atoms with Crippen LogP contribution in [0.5, 0.6) is 0 Å². The molecule has 7 nitrogen and oxygen atoms in total. The number of carbonyl (C=O) groups is 1. The largest absolute Gasteiger partial charge is 0.448 e. The summed E-state index contributed by atoms with van der Waals surface area (Å²) in [6.07, 6.45) is 0.625. The lowest BCUT2D eigenvalue weighted by Crippen LogP contribution is -2.42. The molecule has 1 amide bonds. The third-order valence-electron chi connectivity index (χ3n) is 7.34. The number of hydrogen-bond donors (Lipinski definition) is 1. The van der Waals surface area contributed by atoms with E-state index in [1.807, 2.05) is 91.5 Å². The molecule has 2 N–H and O–H groups in total. The van der Waals surface area contributed by atoms with Gasteiger partial charge in [0.15, 0.2) is 0 Å². The highest BCUT2D eigenvalue weighted by atomic mass is 16.3. The molecule has 2 heterocycles. The van der Waals surface area contributed by atoms with E-state index in [1.54, 1.807) is 4.57 Å². The zero-order chi connectivity index (χ0) is 28.4. The zero-order valence-electron chi connectivity index (χ0n) is 23.6. The summed E-state index contributed by atoms with van der Waals surface area (Å²) in [5, 5.41) is 0.793. The van der Waals surface area contributed by atoms with Gasteiger partial charge in [-0.05, 0) is 62.6 Å². The van der Waals surface area contributed by atoms with Crippen LogP contribution in [0.25, 0.3) is 22.1 Å². The van der Waals surface area contributed by atoms with Gasteiger partial charge < -0.3 is 15.1 Å². The molecule has 0 radical (unpaired) electrons. The van der Waals surface area contributed by atoms with Crippen LogP contribution in [0.4, 0.5) is 0 Å². The van der Waals surface area contributed by atoms with E-state index >= 15 is 0 Å². The minimum Gasteiger partial charge on any atom is -0.448 e. The maximum Gasteiger partial charge on any atom is 0.297 e. The summed E-state index contributed by atoms with van der Waals surface area (Å²) < 4.78 is 7.75. The lowest BCUT2D eigenvalue weighted by molar-refractivity contribution is 0.0602. The number of carbonyl (C=O) groups excluding carboxylic acids is 1. The molecule has 0 saturated heterocycles. The number of aromatic nitrogens is 2. The molecule has 0 aliphatic rings. The van der Waals surface area contributed by atoms with Gasteiger partial charge in [0.2, 0.25) is 5.58 Å². The zero-order valence-corrected chi connectivity index (χ0v) is 23.6. The van der Waals surface area contributed by atoms with E-state index in [0.29, 0.717) is 48.5 Å². The molecule has 0 spiro atoms. The lowest BCUT2D eigenvalue weighted by atomic mass is 9.98. The number of aryl methyl sites for hydroxylation is 2. The van der Waals surface area contributed by atoms with Gasteiger partial charge in [-0.15, -0.1) is 0 Å². The van der Waals surface area contributed by atoms with E-state index in [9.17, 15) is 9.59 Å². The van der Waals surface area contributed by atoms with Gasteiger partial charge in [-0.25, -0.2) is 4.98 Å². The molecule has 1 unspecified atom stereocenters. The predicted octanol–water partition coefficient (Wildman–Crippen LogP) is 6.00. The van der Waals surface area contributed by atoms with Crippen LogP contribution in [-0.4, -0.2) is 33.4 Å². The highest BCUT2D eigenvalue weighted by Crippen LogP contribution is 2.33.